The molecule has 11 aromatic carbocycles. The lowest BCUT2D eigenvalue weighted by molar-refractivity contribution is 0.660. The number of rotatable bonds is 8. The summed E-state index contributed by atoms with van der Waals surface area (Å²) in [7, 11) is 0. The van der Waals surface area contributed by atoms with Crippen molar-refractivity contribution in [1.82, 2.24) is 0 Å². The second-order valence-electron chi connectivity index (χ2n) is 19.9. The third-order valence-electron chi connectivity index (χ3n) is 15.8. The fourth-order valence-electron chi connectivity index (χ4n) is 12.4. The fraction of sp³-hybridized carbons (Fsp3) is 0.0571. The first kappa shape index (κ1) is 41.9. The molecule has 1 atom stereocenters. The number of para-hydroxylation sites is 2. The molecule has 0 saturated carbocycles. The molecule has 2 aliphatic rings. The van der Waals surface area contributed by atoms with Gasteiger partial charge in [0.05, 0.1) is 5.41 Å². The van der Waals surface area contributed by atoms with Gasteiger partial charge in [-0.25, -0.2) is 0 Å². The summed E-state index contributed by atoms with van der Waals surface area (Å²) in [5.74, 6) is 0. The van der Waals surface area contributed by atoms with E-state index in [1.165, 1.54) is 77.9 Å². The van der Waals surface area contributed by atoms with E-state index in [0.29, 0.717) is 0 Å². The molecule has 12 aromatic rings. The van der Waals surface area contributed by atoms with Crippen molar-refractivity contribution in [3.05, 3.63) is 294 Å². The average Bonchev–Trinajstić information content (AvgIpc) is 4.06. The van der Waals surface area contributed by atoms with Gasteiger partial charge in [-0.1, -0.05) is 232 Å². The van der Waals surface area contributed by atoms with Crippen molar-refractivity contribution in [1.29, 1.82) is 0 Å². The number of anilines is 3. The van der Waals surface area contributed by atoms with Crippen molar-refractivity contribution in [2.45, 2.75) is 24.7 Å². The van der Waals surface area contributed by atoms with Crippen LogP contribution < -0.4 is 4.90 Å². The van der Waals surface area contributed by atoms with Crippen LogP contribution in [0.3, 0.4) is 0 Å². The SMILES string of the molecule is CC1(C)c2ccccc2-c2ccc(N(c3ccc(-c4ccccc4)cc3)c3ccc(-c4cccc5c4-c4ccccc4C5(c4ccccc4)c4ccc(-c5cccc6c5oc5ccccc56)cc4)cc3)cc21. The lowest BCUT2D eigenvalue weighted by Crippen LogP contribution is -2.28. The van der Waals surface area contributed by atoms with Crippen molar-refractivity contribution >= 4 is 39.0 Å². The molecule has 1 aromatic heterocycles. The minimum absolute atomic E-state index is 0.125. The van der Waals surface area contributed by atoms with Crippen molar-refractivity contribution < 1.29 is 4.42 Å². The van der Waals surface area contributed by atoms with Gasteiger partial charge in [-0.05, 0) is 126 Å². The van der Waals surface area contributed by atoms with E-state index >= 15 is 0 Å². The first-order valence-electron chi connectivity index (χ1n) is 25.1. The highest BCUT2D eigenvalue weighted by Gasteiger charge is 2.47. The van der Waals surface area contributed by atoms with Crippen LogP contribution in [0, 0.1) is 0 Å². The third-order valence-corrected chi connectivity index (χ3v) is 15.8. The van der Waals surface area contributed by atoms with Crippen molar-refractivity contribution in [3.8, 4) is 55.6 Å². The Labute approximate surface area is 420 Å². The van der Waals surface area contributed by atoms with Gasteiger partial charge >= 0.3 is 0 Å². The zero-order valence-corrected chi connectivity index (χ0v) is 40.2. The van der Waals surface area contributed by atoms with Crippen LogP contribution in [0.15, 0.2) is 265 Å². The molecule has 2 aliphatic carbocycles. The second kappa shape index (κ2) is 16.3. The Morgan fingerprint density at radius 1 is 0.319 bits per heavy atom. The Bertz CT molecular complexity index is 4030. The Hall–Kier alpha value is -8.98. The van der Waals surface area contributed by atoms with Crippen LogP contribution in [0.4, 0.5) is 17.1 Å². The van der Waals surface area contributed by atoms with Crippen molar-refractivity contribution in [3.63, 3.8) is 0 Å². The number of hydrogen-bond donors (Lipinski definition) is 0. The quantitative estimate of drug-likeness (QED) is 0.151. The number of hydrogen-bond acceptors (Lipinski definition) is 2. The summed E-state index contributed by atoms with van der Waals surface area (Å²) in [4.78, 5) is 2.42. The van der Waals surface area contributed by atoms with Crippen LogP contribution in [-0.4, -0.2) is 0 Å². The second-order valence-corrected chi connectivity index (χ2v) is 19.9. The Morgan fingerprint density at radius 2 is 0.819 bits per heavy atom. The monoisotopic (exact) mass is 919 g/mol. The highest BCUT2D eigenvalue weighted by molar-refractivity contribution is 6.09. The van der Waals surface area contributed by atoms with Crippen LogP contribution in [-0.2, 0) is 10.8 Å². The molecule has 2 nitrogen and oxygen atoms in total. The van der Waals surface area contributed by atoms with Gasteiger partial charge in [0.2, 0.25) is 0 Å². The van der Waals surface area contributed by atoms with Crippen LogP contribution in [0.2, 0.25) is 0 Å². The molecule has 0 aliphatic heterocycles. The summed E-state index contributed by atoms with van der Waals surface area (Å²) < 4.78 is 6.52. The molecular formula is C70H49NO. The summed E-state index contributed by atoms with van der Waals surface area (Å²) in [5, 5.41) is 2.27. The predicted octanol–water partition coefficient (Wildman–Crippen LogP) is 18.7. The van der Waals surface area contributed by atoms with Crippen LogP contribution >= 0.6 is 0 Å². The normalized spacial score (nSPS) is 15.0. The number of nitrogens with zero attached hydrogens (tertiary/aromatic N) is 1. The topological polar surface area (TPSA) is 16.4 Å². The standard InChI is InChI=1S/C70H49NO/c1-69(2)62-27-12-9-21-57(62)58-44-43-54(45-65(58)69)71(52-39-33-47(34-40-52)46-17-5-3-6-18-46)53-41-35-48(36-42-53)55-24-16-29-64-67(55)61-23-10-13-28-63(61)70(64,50-19-7-4-8-20-50)51-37-31-49(32-38-51)56-25-15-26-60-59-22-11-14-30-66(59)72-68(56)60/h3-45H,1-2H3. The van der Waals surface area contributed by atoms with Gasteiger partial charge in [0.15, 0.2) is 0 Å². The lowest BCUT2D eigenvalue weighted by atomic mass is 9.67. The molecule has 14 rings (SSSR count). The number of furan rings is 1. The van der Waals surface area contributed by atoms with E-state index in [4.69, 9.17) is 4.42 Å². The van der Waals surface area contributed by atoms with E-state index < -0.39 is 5.41 Å². The summed E-state index contributed by atoms with van der Waals surface area (Å²) in [6.07, 6.45) is 0. The molecule has 0 bridgehead atoms. The molecule has 0 N–H and O–H groups in total. The maximum Gasteiger partial charge on any atom is 0.143 e. The maximum atomic E-state index is 6.52. The molecular weight excluding hydrogens is 871 g/mol. The van der Waals surface area contributed by atoms with Gasteiger partial charge in [0.1, 0.15) is 11.2 Å². The summed E-state index contributed by atoms with van der Waals surface area (Å²) in [5.41, 5.74) is 24.4. The van der Waals surface area contributed by atoms with E-state index in [1.54, 1.807) is 0 Å². The third kappa shape index (κ3) is 6.28. The first-order valence-corrected chi connectivity index (χ1v) is 25.1. The Morgan fingerprint density at radius 3 is 1.58 bits per heavy atom. The van der Waals surface area contributed by atoms with E-state index in [-0.39, 0.29) is 5.41 Å². The van der Waals surface area contributed by atoms with Gasteiger partial charge in [-0.2, -0.15) is 0 Å². The minimum atomic E-state index is -0.559. The predicted molar refractivity (Wildman–Crippen MR) is 300 cm³/mol. The van der Waals surface area contributed by atoms with Crippen LogP contribution in [0.25, 0.3) is 77.6 Å². The van der Waals surface area contributed by atoms with E-state index in [0.717, 1.165) is 50.1 Å². The Kier molecular flexibility index (Phi) is 9.50. The Balaban J connectivity index is 0.894. The maximum absolute atomic E-state index is 6.52. The van der Waals surface area contributed by atoms with Crippen LogP contribution in [0.5, 0.6) is 0 Å². The lowest BCUT2D eigenvalue weighted by Gasteiger charge is -2.34. The highest BCUT2D eigenvalue weighted by Crippen LogP contribution is 2.59. The van der Waals surface area contributed by atoms with Crippen molar-refractivity contribution in [2.24, 2.45) is 0 Å². The molecule has 2 heteroatoms. The summed E-state index contributed by atoms with van der Waals surface area (Å²) >= 11 is 0. The smallest absolute Gasteiger partial charge is 0.143 e. The number of fused-ring (bicyclic) bond motifs is 9. The molecule has 0 saturated heterocycles. The molecule has 72 heavy (non-hydrogen) atoms. The summed E-state index contributed by atoms with van der Waals surface area (Å²) in [6.45, 7) is 4.72. The highest BCUT2D eigenvalue weighted by atomic mass is 16.3. The molecule has 0 radical (unpaired) electrons. The van der Waals surface area contributed by atoms with E-state index in [2.05, 4.69) is 274 Å². The summed E-state index contributed by atoms with van der Waals surface area (Å²) in [6, 6.07) is 96.0. The van der Waals surface area contributed by atoms with Gasteiger partial charge in [0.25, 0.3) is 0 Å². The molecule has 0 fully saturated rings. The molecule has 340 valence electrons. The fourth-order valence-corrected chi connectivity index (χ4v) is 12.4. The zero-order chi connectivity index (χ0) is 48.0. The molecule has 0 amide bonds. The van der Waals surface area contributed by atoms with Crippen molar-refractivity contribution in [2.75, 3.05) is 4.90 Å². The van der Waals surface area contributed by atoms with E-state index in [9.17, 15) is 0 Å². The zero-order valence-electron chi connectivity index (χ0n) is 40.2. The minimum Gasteiger partial charge on any atom is -0.455 e. The van der Waals surface area contributed by atoms with Crippen LogP contribution in [0.1, 0.15) is 47.2 Å². The van der Waals surface area contributed by atoms with E-state index in [1.807, 2.05) is 6.07 Å². The number of benzene rings is 11. The molecule has 1 unspecified atom stereocenters. The van der Waals surface area contributed by atoms with Gasteiger partial charge in [-0.3, -0.25) is 0 Å². The average molecular weight is 920 g/mol. The van der Waals surface area contributed by atoms with Gasteiger partial charge < -0.3 is 9.32 Å². The van der Waals surface area contributed by atoms with Gasteiger partial charge in [0, 0.05) is 38.8 Å². The first-order chi connectivity index (χ1) is 35.5. The molecule has 0 spiro atoms. The molecule has 1 heterocycles. The van der Waals surface area contributed by atoms with Gasteiger partial charge in [-0.15, -0.1) is 0 Å². The largest absolute Gasteiger partial charge is 0.455 e.